The molecule has 5 rings (SSSR count). The molecule has 3 aromatic rings. The summed E-state index contributed by atoms with van der Waals surface area (Å²) < 4.78 is 41.0. The molecule has 2 atom stereocenters. The summed E-state index contributed by atoms with van der Waals surface area (Å²) >= 11 is 6.24. The van der Waals surface area contributed by atoms with Crippen LogP contribution in [0.5, 0.6) is 0 Å². The van der Waals surface area contributed by atoms with Crippen molar-refractivity contribution in [1.29, 1.82) is 0 Å². The van der Waals surface area contributed by atoms with Gasteiger partial charge in [0.1, 0.15) is 10.8 Å². The molecule has 2 aliphatic rings. The Morgan fingerprint density at radius 2 is 1.73 bits per heavy atom. The molecule has 198 valence electrons. The van der Waals surface area contributed by atoms with Gasteiger partial charge in [-0.25, -0.2) is 17.8 Å². The average molecular weight is 547 g/mol. The molecule has 0 bridgehead atoms. The summed E-state index contributed by atoms with van der Waals surface area (Å²) in [5.41, 5.74) is 3.05. The molecule has 0 spiro atoms. The number of hydrogen-bond donors (Lipinski definition) is 3. The van der Waals surface area contributed by atoms with E-state index in [1.165, 1.54) is 6.20 Å². The Hall–Kier alpha value is -2.72. The summed E-state index contributed by atoms with van der Waals surface area (Å²) in [5.74, 6) is 0.845. The van der Waals surface area contributed by atoms with Crippen molar-refractivity contribution in [3.05, 3.63) is 52.1 Å². The minimum Gasteiger partial charge on any atom is -0.322 e. The fourth-order valence-corrected chi connectivity index (χ4v) is 7.65. The van der Waals surface area contributed by atoms with Crippen molar-refractivity contribution in [2.24, 2.45) is 0 Å². The molecular weight excluding hydrogens is 515 g/mol. The lowest BCUT2D eigenvalue weighted by molar-refractivity contribution is 0.446. The molecule has 2 aliphatic carbocycles. The molecule has 8 nitrogen and oxygen atoms in total. The third-order valence-corrected chi connectivity index (χ3v) is 10.4. The summed E-state index contributed by atoms with van der Waals surface area (Å²) in [6.07, 6.45) is 7.99. The normalized spacial score (nSPS) is 20.8. The largest absolute Gasteiger partial charge is 0.322 e. The van der Waals surface area contributed by atoms with E-state index in [1.807, 2.05) is 19.9 Å². The zero-order valence-corrected chi connectivity index (χ0v) is 22.6. The van der Waals surface area contributed by atoms with Gasteiger partial charge in [-0.1, -0.05) is 24.4 Å². The van der Waals surface area contributed by atoms with E-state index in [0.717, 1.165) is 61.8 Å². The SMILES string of the molecule is Cc1cc(Nc2nc(Nc3cc(C)c(C4CCCCC(S(=O)(=O)C5CC5)CC4)cc3F)ncc2Cl)n[nH]1. The van der Waals surface area contributed by atoms with Gasteiger partial charge in [-0.3, -0.25) is 5.10 Å². The van der Waals surface area contributed by atoms with E-state index in [0.29, 0.717) is 23.1 Å². The molecule has 0 aliphatic heterocycles. The molecule has 2 unspecified atom stereocenters. The highest BCUT2D eigenvalue weighted by molar-refractivity contribution is 7.92. The van der Waals surface area contributed by atoms with Gasteiger partial charge in [0, 0.05) is 11.8 Å². The molecule has 2 heterocycles. The number of aromatic nitrogens is 4. The van der Waals surface area contributed by atoms with E-state index in [-0.39, 0.29) is 28.1 Å². The molecule has 0 amide bonds. The first-order chi connectivity index (χ1) is 17.7. The van der Waals surface area contributed by atoms with Crippen molar-refractivity contribution < 1.29 is 12.8 Å². The molecule has 2 saturated carbocycles. The van der Waals surface area contributed by atoms with Crippen molar-refractivity contribution in [2.75, 3.05) is 10.6 Å². The summed E-state index contributed by atoms with van der Waals surface area (Å²) in [7, 11) is -3.04. The van der Waals surface area contributed by atoms with E-state index in [2.05, 4.69) is 30.8 Å². The Balaban J connectivity index is 1.32. The van der Waals surface area contributed by atoms with Crippen LogP contribution in [0.15, 0.2) is 24.4 Å². The number of nitrogens with zero attached hydrogens (tertiary/aromatic N) is 3. The zero-order chi connectivity index (χ0) is 26.2. The summed E-state index contributed by atoms with van der Waals surface area (Å²) in [4.78, 5) is 8.58. The van der Waals surface area contributed by atoms with E-state index in [1.54, 1.807) is 12.1 Å². The van der Waals surface area contributed by atoms with Crippen LogP contribution in [-0.2, 0) is 9.84 Å². The van der Waals surface area contributed by atoms with Crippen LogP contribution in [0.1, 0.15) is 74.1 Å². The van der Waals surface area contributed by atoms with Crippen molar-refractivity contribution in [3.63, 3.8) is 0 Å². The maximum atomic E-state index is 15.3. The number of aryl methyl sites for hydroxylation is 2. The third kappa shape index (κ3) is 5.90. The van der Waals surface area contributed by atoms with Gasteiger partial charge in [-0.2, -0.15) is 10.1 Å². The van der Waals surface area contributed by atoms with E-state index >= 15 is 4.39 Å². The number of hydrogen-bond acceptors (Lipinski definition) is 7. The van der Waals surface area contributed by atoms with Gasteiger partial charge in [0.2, 0.25) is 5.95 Å². The van der Waals surface area contributed by atoms with Crippen molar-refractivity contribution >= 4 is 44.7 Å². The lowest BCUT2D eigenvalue weighted by Crippen LogP contribution is -2.27. The number of H-pyrrole nitrogens is 1. The smallest absolute Gasteiger partial charge is 0.229 e. The number of halogens is 2. The Labute approximate surface area is 221 Å². The second-order valence-electron chi connectivity index (χ2n) is 10.2. The van der Waals surface area contributed by atoms with Crippen LogP contribution in [-0.4, -0.2) is 39.1 Å². The fraction of sp³-hybridized carbons (Fsp3) is 0.500. The highest BCUT2D eigenvalue weighted by Gasteiger charge is 2.41. The monoisotopic (exact) mass is 546 g/mol. The average Bonchev–Trinajstić information content (AvgIpc) is 3.62. The Morgan fingerprint density at radius 1 is 1.00 bits per heavy atom. The molecule has 3 N–H and O–H groups in total. The summed E-state index contributed by atoms with van der Waals surface area (Å²) in [6, 6.07) is 5.16. The van der Waals surface area contributed by atoms with Gasteiger partial charge in [0.25, 0.3) is 0 Å². The quantitative estimate of drug-likeness (QED) is 0.311. The Morgan fingerprint density at radius 3 is 2.46 bits per heavy atom. The van der Waals surface area contributed by atoms with Gasteiger partial charge in [0.05, 0.1) is 22.4 Å². The molecule has 2 aromatic heterocycles. The number of aromatic amines is 1. The first-order valence-corrected chi connectivity index (χ1v) is 14.8. The van der Waals surface area contributed by atoms with Crippen LogP contribution in [0, 0.1) is 19.7 Å². The molecule has 2 fully saturated rings. The van der Waals surface area contributed by atoms with Gasteiger partial charge >= 0.3 is 0 Å². The van der Waals surface area contributed by atoms with Crippen molar-refractivity contribution in [1.82, 2.24) is 20.2 Å². The highest BCUT2D eigenvalue weighted by Crippen LogP contribution is 2.40. The standard InChI is InChI=1S/C26H32ClFN6O2S/c1-15-11-23(30-26-29-14-21(27)25(32-26)31-24-12-16(2)33-34-24)22(28)13-20(15)17-5-3-4-6-18(8-7-17)37(35,36)19-9-10-19/h11-14,17-19H,3-10H2,1-2H3,(H3,29,30,31,32,33,34). The van der Waals surface area contributed by atoms with E-state index < -0.39 is 15.7 Å². The highest BCUT2D eigenvalue weighted by atomic mass is 35.5. The number of anilines is 4. The van der Waals surface area contributed by atoms with Gasteiger partial charge in [-0.05, 0) is 81.5 Å². The molecule has 1 aromatic carbocycles. The predicted molar refractivity (Wildman–Crippen MR) is 144 cm³/mol. The van der Waals surface area contributed by atoms with E-state index in [4.69, 9.17) is 11.6 Å². The van der Waals surface area contributed by atoms with Crippen LogP contribution >= 0.6 is 11.6 Å². The summed E-state index contributed by atoms with van der Waals surface area (Å²) in [6.45, 7) is 3.85. The van der Waals surface area contributed by atoms with Crippen LogP contribution in [0.25, 0.3) is 0 Å². The van der Waals surface area contributed by atoms with Gasteiger partial charge in [0.15, 0.2) is 21.5 Å². The molecule has 0 radical (unpaired) electrons. The van der Waals surface area contributed by atoms with Crippen LogP contribution in [0.2, 0.25) is 5.02 Å². The van der Waals surface area contributed by atoms with Crippen molar-refractivity contribution in [3.8, 4) is 0 Å². The second-order valence-corrected chi connectivity index (χ2v) is 13.2. The number of rotatable bonds is 7. The maximum absolute atomic E-state index is 15.3. The minimum atomic E-state index is -3.04. The lowest BCUT2D eigenvalue weighted by atomic mass is 9.83. The van der Waals surface area contributed by atoms with Gasteiger partial charge in [-0.15, -0.1) is 0 Å². The molecule has 37 heavy (non-hydrogen) atoms. The van der Waals surface area contributed by atoms with Crippen LogP contribution in [0.3, 0.4) is 0 Å². The number of sulfone groups is 1. The number of benzene rings is 1. The Bertz CT molecular complexity index is 1390. The fourth-order valence-electron chi connectivity index (χ4n) is 5.22. The van der Waals surface area contributed by atoms with E-state index in [9.17, 15) is 8.42 Å². The lowest BCUT2D eigenvalue weighted by Gasteiger charge is -2.26. The first-order valence-electron chi connectivity index (χ1n) is 12.8. The molecular formula is C26H32ClFN6O2S. The number of nitrogens with one attached hydrogen (secondary N) is 3. The predicted octanol–water partition coefficient (Wildman–Crippen LogP) is 6.48. The van der Waals surface area contributed by atoms with Crippen LogP contribution < -0.4 is 10.6 Å². The minimum absolute atomic E-state index is 0.130. The zero-order valence-electron chi connectivity index (χ0n) is 21.0. The van der Waals surface area contributed by atoms with Crippen molar-refractivity contribution in [2.45, 2.75) is 81.6 Å². The van der Waals surface area contributed by atoms with Gasteiger partial charge < -0.3 is 10.6 Å². The Kier molecular flexibility index (Phi) is 7.40. The molecule has 11 heteroatoms. The second kappa shape index (κ2) is 10.6. The topological polar surface area (TPSA) is 113 Å². The summed E-state index contributed by atoms with van der Waals surface area (Å²) in [5, 5.41) is 12.9. The van der Waals surface area contributed by atoms with Crippen LogP contribution in [0.4, 0.5) is 27.7 Å². The molecule has 0 saturated heterocycles. The third-order valence-electron chi connectivity index (χ3n) is 7.36. The first kappa shape index (κ1) is 25.9. The maximum Gasteiger partial charge on any atom is 0.229 e.